The van der Waals surface area contributed by atoms with E-state index in [1.807, 2.05) is 88.3 Å². The summed E-state index contributed by atoms with van der Waals surface area (Å²) in [6.45, 7) is 33.2. The van der Waals surface area contributed by atoms with Gasteiger partial charge in [0.2, 0.25) is 0 Å². The Balaban J connectivity index is -0.000000356. The second-order valence-electron chi connectivity index (χ2n) is 10.4. The van der Waals surface area contributed by atoms with Crippen LogP contribution >= 0.6 is 23.2 Å². The first-order chi connectivity index (χ1) is 25.8. The van der Waals surface area contributed by atoms with Gasteiger partial charge in [-0.05, 0) is 88.2 Å². The average molecular weight is 794 g/mol. The van der Waals surface area contributed by atoms with Crippen molar-refractivity contribution in [3.8, 4) is 23.6 Å². The lowest BCUT2D eigenvalue weighted by Crippen LogP contribution is -2.21. The predicted octanol–water partition coefficient (Wildman–Crippen LogP) is 12.9. The van der Waals surface area contributed by atoms with Gasteiger partial charge in [0.05, 0.1) is 16.4 Å². The molecular weight excluding hydrogens is 718 g/mol. The van der Waals surface area contributed by atoms with E-state index in [1.54, 1.807) is 25.3 Å². The summed E-state index contributed by atoms with van der Waals surface area (Å²) in [6, 6.07) is 7.23. The number of aliphatic hydroxyl groups is 1. The van der Waals surface area contributed by atoms with E-state index in [0.717, 1.165) is 22.3 Å². The lowest BCUT2D eigenvalue weighted by atomic mass is 10.0. The number of alkyl halides is 1. The number of hydrogen-bond donors (Lipinski definition) is 4. The molecule has 3 aromatic rings. The maximum Gasteiger partial charge on any atom is 0.187 e. The maximum atomic E-state index is 13.2. The number of aliphatic hydroxyl groups excluding tert-OH is 1. The van der Waals surface area contributed by atoms with Gasteiger partial charge in [0.1, 0.15) is 11.3 Å². The molecule has 1 aliphatic rings. The molecule has 6 N–H and O–H groups in total. The first kappa shape index (κ1) is 59.8. The Morgan fingerprint density at radius 3 is 1.94 bits per heavy atom. The molecule has 54 heavy (non-hydrogen) atoms. The summed E-state index contributed by atoms with van der Waals surface area (Å²) in [5, 5.41) is 14.6. The first-order valence-corrected chi connectivity index (χ1v) is 20.0. The topological polar surface area (TPSA) is 122 Å². The molecule has 0 saturated heterocycles. The van der Waals surface area contributed by atoms with Crippen molar-refractivity contribution >= 4 is 40.8 Å². The number of anilines is 1. The van der Waals surface area contributed by atoms with E-state index in [-0.39, 0.29) is 11.7 Å². The van der Waals surface area contributed by atoms with Crippen LogP contribution < -0.4 is 16.8 Å². The summed E-state index contributed by atoms with van der Waals surface area (Å²) >= 11 is 12.5. The molecular formula is C44H75Cl2FN6O. The van der Waals surface area contributed by atoms with Gasteiger partial charge in [0.15, 0.2) is 6.30 Å². The number of aliphatic imine (C=N–C) groups is 1. The first-order valence-electron chi connectivity index (χ1n) is 19.2. The molecule has 1 aromatic carbocycles. The summed E-state index contributed by atoms with van der Waals surface area (Å²) in [6.07, 6.45) is 11.1. The second kappa shape index (κ2) is 39.2. The molecule has 1 fully saturated rings. The highest BCUT2D eigenvalue weighted by Crippen LogP contribution is 2.34. The molecule has 1 aliphatic carbocycles. The van der Waals surface area contributed by atoms with Crippen LogP contribution in [-0.4, -0.2) is 41.2 Å². The highest BCUT2D eigenvalue weighted by atomic mass is 35.5. The molecule has 4 rings (SSSR count). The number of aromatic nitrogens is 2. The molecule has 2 heterocycles. The number of hydrogen-bond acceptors (Lipinski definition) is 7. The number of nitrogens with zero attached hydrogens (tertiary/aromatic N) is 3. The van der Waals surface area contributed by atoms with Gasteiger partial charge in [-0.2, -0.15) is 0 Å². The van der Waals surface area contributed by atoms with E-state index >= 15 is 0 Å². The molecule has 308 valence electrons. The molecule has 2 unspecified atom stereocenters. The van der Waals surface area contributed by atoms with Crippen molar-refractivity contribution < 1.29 is 9.50 Å². The molecule has 0 amide bonds. The quantitative estimate of drug-likeness (QED) is 0.0592. The van der Waals surface area contributed by atoms with E-state index in [2.05, 4.69) is 58.8 Å². The molecule has 0 aliphatic heterocycles. The lowest BCUT2D eigenvalue weighted by Gasteiger charge is -2.18. The highest BCUT2D eigenvalue weighted by molar-refractivity contribution is 6.42. The van der Waals surface area contributed by atoms with Crippen LogP contribution in [0.25, 0.3) is 17.0 Å². The van der Waals surface area contributed by atoms with Gasteiger partial charge in [-0.25, -0.2) is 14.4 Å². The molecule has 2 atom stereocenters. The van der Waals surface area contributed by atoms with E-state index in [1.165, 1.54) is 45.9 Å². The van der Waals surface area contributed by atoms with Crippen molar-refractivity contribution in [2.24, 2.45) is 10.7 Å². The minimum atomic E-state index is -1.33. The number of halogens is 3. The number of pyridine rings is 2. The van der Waals surface area contributed by atoms with Gasteiger partial charge in [-0.15, -0.1) is 12.3 Å². The minimum Gasteiger partial charge on any atom is -0.398 e. The van der Waals surface area contributed by atoms with Crippen molar-refractivity contribution in [2.45, 2.75) is 142 Å². The molecule has 10 heteroatoms. The lowest BCUT2D eigenvalue weighted by molar-refractivity contribution is 0.175. The number of rotatable bonds is 8. The Morgan fingerprint density at radius 1 is 1.02 bits per heavy atom. The Hall–Kier alpha value is -3.48. The number of nitrogen functional groups attached to an aromatic ring is 1. The SMILES string of the molecule is C#CC.C1CC1.C=C(NCC(O)c1cc(C)c(C)c(-c2ccnc(Cl)c2Cl)n1)c1cc(C)c(N)c(/C=N/C(C)F)c1.CC.CC.CC.CC.CCC.CN. The van der Waals surface area contributed by atoms with Crippen LogP contribution in [0.15, 0.2) is 42.0 Å². The van der Waals surface area contributed by atoms with Crippen LogP contribution in [0, 0.1) is 33.1 Å². The minimum absolute atomic E-state index is 0.160. The van der Waals surface area contributed by atoms with Gasteiger partial charge >= 0.3 is 0 Å². The fourth-order valence-corrected chi connectivity index (χ4v) is 3.87. The third kappa shape index (κ3) is 25.5. The van der Waals surface area contributed by atoms with Crippen molar-refractivity contribution in [1.29, 1.82) is 0 Å². The van der Waals surface area contributed by atoms with Crippen LogP contribution in [0.1, 0.15) is 148 Å². The van der Waals surface area contributed by atoms with E-state index < -0.39 is 12.4 Å². The van der Waals surface area contributed by atoms with Crippen LogP contribution in [0.3, 0.4) is 0 Å². The van der Waals surface area contributed by atoms with Crippen molar-refractivity contribution in [3.05, 3.63) is 80.7 Å². The summed E-state index contributed by atoms with van der Waals surface area (Å²) in [7, 11) is 1.50. The standard InChI is InChI=1S/C26H28Cl2FN5O.C3H6.C3H8.C3H4.4C2H6.CH5N/c1-13-9-21(34-25(15(13)3)20-6-7-31-26(28)23(20)27)22(35)12-32-16(4)18-8-14(2)24(30)19(10-18)11-33-17(5)29;1-2-3-1;2*1-3-2;5*1-2/h6-11,17,22,32,35H,4,12,30H2,1-3,5H3;1-3H2;3H2,1-2H3;1H,2H3;4*1-2H3;2H2,1H3/b33-11+;;;;;;;;. The van der Waals surface area contributed by atoms with Crippen molar-refractivity contribution in [2.75, 3.05) is 19.3 Å². The van der Waals surface area contributed by atoms with Gasteiger partial charge in [0, 0.05) is 41.5 Å². The molecule has 2 aromatic heterocycles. The third-order valence-electron chi connectivity index (χ3n) is 6.04. The zero-order valence-electron chi connectivity index (χ0n) is 36.5. The molecule has 7 nitrogen and oxygen atoms in total. The smallest absolute Gasteiger partial charge is 0.187 e. The van der Waals surface area contributed by atoms with Crippen LogP contribution in [-0.2, 0) is 0 Å². The van der Waals surface area contributed by atoms with Crippen LogP contribution in [0.4, 0.5) is 10.1 Å². The number of nitrogens with two attached hydrogens (primary N) is 2. The van der Waals surface area contributed by atoms with Gasteiger partial charge < -0.3 is 21.9 Å². The number of terminal acetylenes is 1. The number of nitrogens with one attached hydrogen (secondary N) is 1. The third-order valence-corrected chi connectivity index (χ3v) is 6.81. The van der Waals surface area contributed by atoms with Crippen LogP contribution in [0.2, 0.25) is 10.2 Å². The maximum absolute atomic E-state index is 13.2. The molecule has 0 radical (unpaired) electrons. The Kier molecular flexibility index (Phi) is 43.4. The van der Waals surface area contributed by atoms with E-state index in [0.29, 0.717) is 38.9 Å². The summed E-state index contributed by atoms with van der Waals surface area (Å²) in [5.74, 6) is 2.25. The van der Waals surface area contributed by atoms with Crippen molar-refractivity contribution in [3.63, 3.8) is 0 Å². The molecule has 1 saturated carbocycles. The summed E-state index contributed by atoms with van der Waals surface area (Å²) < 4.78 is 13.2. The Bertz CT molecular complexity index is 1450. The average Bonchev–Trinajstić information content (AvgIpc) is 4.08. The van der Waals surface area contributed by atoms with Gasteiger partial charge in [-0.3, -0.25) is 4.99 Å². The predicted molar refractivity (Wildman–Crippen MR) is 243 cm³/mol. The second-order valence-corrected chi connectivity index (χ2v) is 11.1. The summed E-state index contributed by atoms with van der Waals surface area (Å²) in [5.41, 5.74) is 17.5. The van der Waals surface area contributed by atoms with Crippen LogP contribution in [0.5, 0.6) is 0 Å². The fraction of sp³-hybridized carbons (Fsp3) is 0.523. The highest BCUT2D eigenvalue weighted by Gasteiger charge is 2.18. The monoisotopic (exact) mass is 793 g/mol. The fourth-order valence-electron chi connectivity index (χ4n) is 3.51. The molecule has 0 spiro atoms. The summed E-state index contributed by atoms with van der Waals surface area (Å²) in [4.78, 5) is 12.4. The zero-order chi connectivity index (χ0) is 43.4. The normalized spacial score (nSPS) is 10.9. The number of aryl methyl sites for hydroxylation is 2. The van der Waals surface area contributed by atoms with E-state index in [4.69, 9.17) is 28.9 Å². The Morgan fingerprint density at radius 2 is 1.50 bits per heavy atom. The number of benzene rings is 1. The van der Waals surface area contributed by atoms with E-state index in [9.17, 15) is 9.50 Å². The van der Waals surface area contributed by atoms with Gasteiger partial charge in [-0.1, -0.05) is 125 Å². The Labute approximate surface area is 340 Å². The largest absolute Gasteiger partial charge is 0.398 e. The zero-order valence-corrected chi connectivity index (χ0v) is 38.0. The van der Waals surface area contributed by atoms with Gasteiger partial charge in [0.25, 0.3) is 0 Å². The molecule has 0 bridgehead atoms. The van der Waals surface area contributed by atoms with Crippen molar-refractivity contribution in [1.82, 2.24) is 15.3 Å².